The molecule has 1 aromatic carbocycles. The quantitative estimate of drug-likeness (QED) is 0.871. The number of aromatic nitrogens is 2. The molecule has 0 saturated heterocycles. The summed E-state index contributed by atoms with van der Waals surface area (Å²) in [6, 6.07) is 7.85. The van der Waals surface area contributed by atoms with Gasteiger partial charge in [-0.25, -0.2) is 4.68 Å². The van der Waals surface area contributed by atoms with Gasteiger partial charge in [0.05, 0.1) is 19.0 Å². The highest BCUT2D eigenvalue weighted by Gasteiger charge is 2.07. The van der Waals surface area contributed by atoms with E-state index >= 15 is 0 Å². The predicted octanol–water partition coefficient (Wildman–Crippen LogP) is 1.69. The molecular weight excluding hydrogens is 214 g/mol. The van der Waals surface area contributed by atoms with Gasteiger partial charge in [0.1, 0.15) is 5.75 Å². The molecule has 0 fully saturated rings. The summed E-state index contributed by atoms with van der Waals surface area (Å²) in [6.45, 7) is 2.70. The van der Waals surface area contributed by atoms with Crippen molar-refractivity contribution in [3.8, 4) is 11.4 Å². The fourth-order valence-electron chi connectivity index (χ4n) is 1.85. The van der Waals surface area contributed by atoms with Gasteiger partial charge in [-0.2, -0.15) is 5.10 Å². The highest BCUT2D eigenvalue weighted by Crippen LogP contribution is 2.19. The van der Waals surface area contributed by atoms with E-state index in [1.165, 1.54) is 5.56 Å². The van der Waals surface area contributed by atoms with E-state index in [2.05, 4.69) is 12.0 Å². The van der Waals surface area contributed by atoms with Gasteiger partial charge in [0, 0.05) is 11.8 Å². The van der Waals surface area contributed by atoms with Crippen LogP contribution in [0.4, 0.5) is 0 Å². The fourth-order valence-corrected chi connectivity index (χ4v) is 1.85. The van der Waals surface area contributed by atoms with E-state index in [9.17, 15) is 0 Å². The van der Waals surface area contributed by atoms with Crippen molar-refractivity contribution in [3.05, 3.63) is 41.7 Å². The third kappa shape index (κ3) is 2.31. The monoisotopic (exact) mass is 231 g/mol. The standard InChI is InChI=1S/C13H17N3O/c1-10-11(6-7-14)9-15-16(10)12-4-3-5-13(8-12)17-2/h3-5,8-9H,6-7,14H2,1-2H3. The van der Waals surface area contributed by atoms with Gasteiger partial charge >= 0.3 is 0 Å². The van der Waals surface area contributed by atoms with Crippen molar-refractivity contribution in [3.63, 3.8) is 0 Å². The topological polar surface area (TPSA) is 53.1 Å². The molecule has 4 nitrogen and oxygen atoms in total. The molecule has 4 heteroatoms. The van der Waals surface area contributed by atoms with Gasteiger partial charge in [-0.15, -0.1) is 0 Å². The van der Waals surface area contributed by atoms with Crippen LogP contribution in [0, 0.1) is 6.92 Å². The summed E-state index contributed by atoms with van der Waals surface area (Å²) in [5, 5.41) is 4.39. The Bertz CT molecular complexity index is 505. The van der Waals surface area contributed by atoms with Crippen LogP contribution in [-0.2, 0) is 6.42 Å². The van der Waals surface area contributed by atoms with Crippen molar-refractivity contribution in [1.29, 1.82) is 0 Å². The van der Waals surface area contributed by atoms with Crippen molar-refractivity contribution in [2.75, 3.05) is 13.7 Å². The highest BCUT2D eigenvalue weighted by molar-refractivity contribution is 5.40. The largest absolute Gasteiger partial charge is 0.497 e. The molecule has 1 aromatic heterocycles. The van der Waals surface area contributed by atoms with Crippen LogP contribution in [0.1, 0.15) is 11.3 Å². The first kappa shape index (κ1) is 11.7. The van der Waals surface area contributed by atoms with Gasteiger partial charge in [0.25, 0.3) is 0 Å². The third-order valence-corrected chi connectivity index (χ3v) is 2.82. The molecule has 90 valence electrons. The molecule has 17 heavy (non-hydrogen) atoms. The van der Waals surface area contributed by atoms with Crippen molar-refractivity contribution in [2.24, 2.45) is 5.73 Å². The van der Waals surface area contributed by atoms with Crippen LogP contribution in [0.25, 0.3) is 5.69 Å². The fraction of sp³-hybridized carbons (Fsp3) is 0.308. The van der Waals surface area contributed by atoms with E-state index < -0.39 is 0 Å². The van der Waals surface area contributed by atoms with E-state index in [1.54, 1.807) is 7.11 Å². The van der Waals surface area contributed by atoms with Crippen molar-refractivity contribution in [2.45, 2.75) is 13.3 Å². The minimum atomic E-state index is 0.643. The lowest BCUT2D eigenvalue weighted by atomic mass is 10.2. The van der Waals surface area contributed by atoms with Gasteiger partial charge in [-0.05, 0) is 37.6 Å². The molecule has 0 radical (unpaired) electrons. The Kier molecular flexibility index (Phi) is 3.44. The number of methoxy groups -OCH3 is 1. The molecule has 0 aliphatic rings. The van der Waals surface area contributed by atoms with Crippen molar-refractivity contribution < 1.29 is 4.74 Å². The van der Waals surface area contributed by atoms with Gasteiger partial charge < -0.3 is 10.5 Å². The average Bonchev–Trinajstić information content (AvgIpc) is 2.72. The van der Waals surface area contributed by atoms with Crippen molar-refractivity contribution >= 4 is 0 Å². The second-order valence-electron chi connectivity index (χ2n) is 3.91. The summed E-state index contributed by atoms with van der Waals surface area (Å²) >= 11 is 0. The van der Waals surface area contributed by atoms with Gasteiger partial charge in [0.2, 0.25) is 0 Å². The van der Waals surface area contributed by atoms with Crippen LogP contribution < -0.4 is 10.5 Å². The number of hydrogen-bond donors (Lipinski definition) is 1. The summed E-state index contributed by atoms with van der Waals surface area (Å²) in [5.74, 6) is 0.831. The lowest BCUT2D eigenvalue weighted by molar-refractivity contribution is 0.414. The summed E-state index contributed by atoms with van der Waals surface area (Å²) in [6.07, 6.45) is 2.73. The first-order valence-corrected chi connectivity index (χ1v) is 5.64. The minimum absolute atomic E-state index is 0.643. The summed E-state index contributed by atoms with van der Waals surface area (Å²) in [4.78, 5) is 0. The SMILES string of the molecule is COc1cccc(-n2ncc(CCN)c2C)c1. The number of nitrogens with two attached hydrogens (primary N) is 1. The summed E-state index contributed by atoms with van der Waals surface area (Å²) in [5.41, 5.74) is 8.89. The Morgan fingerprint density at radius 1 is 1.41 bits per heavy atom. The molecule has 0 bridgehead atoms. The lowest BCUT2D eigenvalue weighted by Gasteiger charge is -2.07. The Morgan fingerprint density at radius 3 is 2.94 bits per heavy atom. The normalized spacial score (nSPS) is 10.5. The molecule has 0 spiro atoms. The maximum atomic E-state index is 5.57. The molecule has 0 aliphatic carbocycles. The first-order chi connectivity index (χ1) is 8.26. The maximum Gasteiger partial charge on any atom is 0.121 e. The van der Waals surface area contributed by atoms with Gasteiger partial charge in [-0.3, -0.25) is 0 Å². The number of rotatable bonds is 4. The molecule has 1 heterocycles. The molecule has 0 saturated carbocycles. The van der Waals surface area contributed by atoms with Crippen LogP contribution in [0.3, 0.4) is 0 Å². The van der Waals surface area contributed by atoms with Crippen LogP contribution in [0.15, 0.2) is 30.5 Å². The molecule has 2 rings (SSSR count). The Balaban J connectivity index is 2.38. The number of nitrogens with zero attached hydrogens (tertiary/aromatic N) is 2. The smallest absolute Gasteiger partial charge is 0.121 e. The second kappa shape index (κ2) is 5.01. The van der Waals surface area contributed by atoms with Gasteiger partial charge in [-0.1, -0.05) is 6.07 Å². The zero-order valence-electron chi connectivity index (χ0n) is 10.2. The van der Waals surface area contributed by atoms with E-state index in [0.29, 0.717) is 6.54 Å². The average molecular weight is 231 g/mol. The number of ether oxygens (including phenoxy) is 1. The van der Waals surface area contributed by atoms with Crippen molar-refractivity contribution in [1.82, 2.24) is 9.78 Å². The zero-order valence-corrected chi connectivity index (χ0v) is 10.2. The predicted molar refractivity (Wildman–Crippen MR) is 67.6 cm³/mol. The van der Waals surface area contributed by atoms with Crippen LogP contribution in [0.2, 0.25) is 0 Å². The molecule has 2 N–H and O–H groups in total. The first-order valence-electron chi connectivity index (χ1n) is 5.64. The molecule has 0 unspecified atom stereocenters. The van der Waals surface area contributed by atoms with Crippen LogP contribution in [-0.4, -0.2) is 23.4 Å². The number of benzene rings is 1. The number of hydrogen-bond acceptors (Lipinski definition) is 3. The Labute approximate surface area is 101 Å². The molecule has 0 atom stereocenters. The third-order valence-electron chi connectivity index (χ3n) is 2.82. The maximum absolute atomic E-state index is 5.57. The Morgan fingerprint density at radius 2 is 2.24 bits per heavy atom. The zero-order chi connectivity index (χ0) is 12.3. The summed E-state index contributed by atoms with van der Waals surface area (Å²) in [7, 11) is 1.66. The summed E-state index contributed by atoms with van der Waals surface area (Å²) < 4.78 is 7.12. The Hall–Kier alpha value is -1.81. The molecule has 2 aromatic rings. The molecule has 0 amide bonds. The second-order valence-corrected chi connectivity index (χ2v) is 3.91. The van der Waals surface area contributed by atoms with Gasteiger partial charge in [0.15, 0.2) is 0 Å². The highest BCUT2D eigenvalue weighted by atomic mass is 16.5. The minimum Gasteiger partial charge on any atom is -0.497 e. The van der Waals surface area contributed by atoms with E-state index in [0.717, 1.165) is 23.6 Å². The lowest BCUT2D eigenvalue weighted by Crippen LogP contribution is -2.04. The van der Waals surface area contributed by atoms with E-state index in [1.807, 2.05) is 35.1 Å². The van der Waals surface area contributed by atoms with Crippen LogP contribution in [0.5, 0.6) is 5.75 Å². The van der Waals surface area contributed by atoms with E-state index in [4.69, 9.17) is 10.5 Å². The van der Waals surface area contributed by atoms with Crippen LogP contribution >= 0.6 is 0 Å². The van der Waals surface area contributed by atoms with E-state index in [-0.39, 0.29) is 0 Å². The molecular formula is C13H17N3O. The molecule has 0 aliphatic heterocycles.